The maximum absolute atomic E-state index is 13.0. The number of nitrogens with zero attached hydrogens (tertiary/aromatic N) is 1. The van der Waals surface area contributed by atoms with Gasteiger partial charge >= 0.3 is 0 Å². The van der Waals surface area contributed by atoms with Crippen LogP contribution >= 0.6 is 0 Å². The summed E-state index contributed by atoms with van der Waals surface area (Å²) in [7, 11) is -3.95. The zero-order valence-corrected chi connectivity index (χ0v) is 17.3. The number of carbonyl (C=O) groups is 1. The standard InChI is InChI=1S/C21H21FN4O4S/c22-16-4-6-17(7-5-16)26-31(28,29)18-3-1-2-15(12-18)21(27)23-20-13-19(24-25-20)14-8-10-30-11-9-14/h1-7,12-14,26H,8-11H2,(H2,23,24,25,27). The quantitative estimate of drug-likeness (QED) is 0.539. The second-order valence-electron chi connectivity index (χ2n) is 7.19. The number of rotatable bonds is 6. The first-order valence-corrected chi connectivity index (χ1v) is 11.2. The van der Waals surface area contributed by atoms with Crippen LogP contribution in [-0.2, 0) is 14.8 Å². The molecule has 0 saturated carbocycles. The summed E-state index contributed by atoms with van der Waals surface area (Å²) in [6, 6.07) is 12.4. The Labute approximate surface area is 178 Å². The van der Waals surface area contributed by atoms with Gasteiger partial charge in [-0.2, -0.15) is 5.10 Å². The van der Waals surface area contributed by atoms with E-state index in [2.05, 4.69) is 20.2 Å². The lowest BCUT2D eigenvalue weighted by Gasteiger charge is -2.20. The van der Waals surface area contributed by atoms with Gasteiger partial charge in [-0.3, -0.25) is 14.6 Å². The molecule has 31 heavy (non-hydrogen) atoms. The molecule has 0 unspecified atom stereocenters. The Morgan fingerprint density at radius 3 is 2.58 bits per heavy atom. The molecule has 3 aromatic rings. The monoisotopic (exact) mass is 444 g/mol. The van der Waals surface area contributed by atoms with E-state index in [1.54, 1.807) is 6.07 Å². The second kappa shape index (κ2) is 8.86. The molecule has 1 aromatic heterocycles. The number of hydrogen-bond acceptors (Lipinski definition) is 5. The number of benzene rings is 2. The number of amides is 1. The van der Waals surface area contributed by atoms with Crippen LogP contribution in [0, 0.1) is 5.82 Å². The van der Waals surface area contributed by atoms with E-state index in [9.17, 15) is 17.6 Å². The zero-order chi connectivity index (χ0) is 21.8. The first kappa shape index (κ1) is 21.0. The van der Waals surface area contributed by atoms with Crippen LogP contribution < -0.4 is 10.0 Å². The van der Waals surface area contributed by atoms with Crippen LogP contribution in [0.1, 0.15) is 34.8 Å². The molecule has 2 aromatic carbocycles. The molecule has 10 heteroatoms. The third kappa shape index (κ3) is 5.09. The number of anilines is 2. The minimum absolute atomic E-state index is 0.0885. The van der Waals surface area contributed by atoms with E-state index in [1.165, 1.54) is 36.4 Å². The van der Waals surface area contributed by atoms with Gasteiger partial charge in [-0.05, 0) is 55.3 Å². The summed E-state index contributed by atoms with van der Waals surface area (Å²) in [6.07, 6.45) is 1.77. The number of nitrogens with one attached hydrogen (secondary N) is 3. The van der Waals surface area contributed by atoms with E-state index in [0.717, 1.165) is 30.7 Å². The molecule has 3 N–H and O–H groups in total. The SMILES string of the molecule is O=C(Nc1cc(C2CCOCC2)[nH]n1)c1cccc(S(=O)(=O)Nc2ccc(F)cc2)c1. The molecule has 1 aliphatic rings. The fourth-order valence-corrected chi connectivity index (χ4v) is 4.45. The van der Waals surface area contributed by atoms with Crippen LogP contribution in [0.2, 0.25) is 0 Å². The van der Waals surface area contributed by atoms with Gasteiger partial charge in [0, 0.05) is 42.1 Å². The van der Waals surface area contributed by atoms with Crippen molar-refractivity contribution in [2.45, 2.75) is 23.7 Å². The molecule has 4 rings (SSSR count). The van der Waals surface area contributed by atoms with Gasteiger partial charge in [-0.1, -0.05) is 6.07 Å². The van der Waals surface area contributed by atoms with Crippen molar-refractivity contribution in [3.8, 4) is 0 Å². The lowest BCUT2D eigenvalue weighted by atomic mass is 9.97. The highest BCUT2D eigenvalue weighted by Gasteiger charge is 2.20. The van der Waals surface area contributed by atoms with E-state index in [0.29, 0.717) is 24.9 Å². The summed E-state index contributed by atoms with van der Waals surface area (Å²) in [5.41, 5.74) is 1.31. The Bertz CT molecular complexity index is 1170. The number of sulfonamides is 1. The van der Waals surface area contributed by atoms with Gasteiger partial charge < -0.3 is 10.1 Å². The number of H-pyrrole nitrogens is 1. The number of aromatic nitrogens is 2. The van der Waals surface area contributed by atoms with Crippen molar-refractivity contribution in [3.63, 3.8) is 0 Å². The molecular weight excluding hydrogens is 423 g/mol. The first-order chi connectivity index (χ1) is 14.9. The molecule has 162 valence electrons. The lowest BCUT2D eigenvalue weighted by Crippen LogP contribution is -2.16. The zero-order valence-electron chi connectivity index (χ0n) is 16.5. The molecular formula is C21H21FN4O4S. The number of carbonyl (C=O) groups excluding carboxylic acids is 1. The van der Waals surface area contributed by atoms with Crippen molar-refractivity contribution < 1.29 is 22.3 Å². The predicted octanol–water partition coefficient (Wildman–Crippen LogP) is 3.50. The van der Waals surface area contributed by atoms with Crippen molar-refractivity contribution in [2.24, 2.45) is 0 Å². The van der Waals surface area contributed by atoms with Crippen molar-refractivity contribution >= 4 is 27.4 Å². The van der Waals surface area contributed by atoms with Gasteiger partial charge in [-0.25, -0.2) is 12.8 Å². The average Bonchev–Trinajstić information content (AvgIpc) is 3.24. The Morgan fingerprint density at radius 1 is 1.10 bits per heavy atom. The van der Waals surface area contributed by atoms with E-state index >= 15 is 0 Å². The van der Waals surface area contributed by atoms with E-state index in [1.807, 2.05) is 0 Å². The minimum atomic E-state index is -3.95. The molecule has 8 nitrogen and oxygen atoms in total. The topological polar surface area (TPSA) is 113 Å². The van der Waals surface area contributed by atoms with Crippen LogP contribution in [0.5, 0.6) is 0 Å². The Balaban J connectivity index is 1.46. The lowest BCUT2D eigenvalue weighted by molar-refractivity contribution is 0.0845. The van der Waals surface area contributed by atoms with Crippen molar-refractivity contribution in [1.82, 2.24) is 10.2 Å². The summed E-state index contributed by atoms with van der Waals surface area (Å²) in [6.45, 7) is 1.39. The smallest absolute Gasteiger partial charge is 0.261 e. The second-order valence-corrected chi connectivity index (χ2v) is 8.87. The first-order valence-electron chi connectivity index (χ1n) is 9.73. The highest BCUT2D eigenvalue weighted by molar-refractivity contribution is 7.92. The molecule has 0 aliphatic carbocycles. The fourth-order valence-electron chi connectivity index (χ4n) is 3.34. The number of hydrogen-bond donors (Lipinski definition) is 3. The summed E-state index contributed by atoms with van der Waals surface area (Å²) in [4.78, 5) is 12.5. The van der Waals surface area contributed by atoms with Crippen LogP contribution in [0.3, 0.4) is 0 Å². The average molecular weight is 444 g/mol. The summed E-state index contributed by atoms with van der Waals surface area (Å²) in [5.74, 6) is -0.286. The van der Waals surface area contributed by atoms with Crippen molar-refractivity contribution in [2.75, 3.05) is 23.3 Å². The highest BCUT2D eigenvalue weighted by Crippen LogP contribution is 2.27. The highest BCUT2D eigenvalue weighted by atomic mass is 32.2. The Morgan fingerprint density at radius 2 is 1.84 bits per heavy atom. The summed E-state index contributed by atoms with van der Waals surface area (Å²) < 4.78 is 46.0. The van der Waals surface area contributed by atoms with Gasteiger partial charge in [0.25, 0.3) is 15.9 Å². The maximum Gasteiger partial charge on any atom is 0.261 e. The molecule has 1 saturated heterocycles. The fraction of sp³-hybridized carbons (Fsp3) is 0.238. The number of ether oxygens (including phenoxy) is 1. The number of aromatic amines is 1. The molecule has 0 spiro atoms. The predicted molar refractivity (Wildman–Crippen MR) is 113 cm³/mol. The van der Waals surface area contributed by atoms with Gasteiger partial charge in [0.2, 0.25) is 0 Å². The minimum Gasteiger partial charge on any atom is -0.381 e. The van der Waals surface area contributed by atoms with Crippen molar-refractivity contribution in [1.29, 1.82) is 0 Å². The normalized spacial score (nSPS) is 14.9. The van der Waals surface area contributed by atoms with Crippen molar-refractivity contribution in [3.05, 3.63) is 71.7 Å². The molecule has 1 fully saturated rings. The van der Waals surface area contributed by atoms with E-state index in [4.69, 9.17) is 4.74 Å². The molecule has 0 radical (unpaired) electrons. The number of halogens is 1. The van der Waals surface area contributed by atoms with Crippen LogP contribution in [0.4, 0.5) is 15.9 Å². The molecule has 1 aliphatic heterocycles. The Hall–Kier alpha value is -3.24. The third-order valence-corrected chi connectivity index (χ3v) is 6.38. The Kier molecular flexibility index (Phi) is 6.01. The maximum atomic E-state index is 13.0. The third-order valence-electron chi connectivity index (χ3n) is 5.00. The van der Waals surface area contributed by atoms with E-state index < -0.39 is 21.7 Å². The van der Waals surface area contributed by atoms with Crippen LogP contribution in [0.25, 0.3) is 0 Å². The van der Waals surface area contributed by atoms with Gasteiger partial charge in [0.1, 0.15) is 5.82 Å². The molecule has 0 bridgehead atoms. The van der Waals surface area contributed by atoms with Crippen LogP contribution in [-0.4, -0.2) is 37.7 Å². The molecule has 1 amide bonds. The summed E-state index contributed by atoms with van der Waals surface area (Å²) >= 11 is 0. The van der Waals surface area contributed by atoms with Gasteiger partial charge in [-0.15, -0.1) is 0 Å². The van der Waals surface area contributed by atoms with Gasteiger partial charge in [0.15, 0.2) is 5.82 Å². The van der Waals surface area contributed by atoms with Gasteiger partial charge in [0.05, 0.1) is 4.90 Å². The summed E-state index contributed by atoms with van der Waals surface area (Å²) in [5, 5.41) is 9.76. The molecule has 0 atom stereocenters. The van der Waals surface area contributed by atoms with E-state index in [-0.39, 0.29) is 16.1 Å². The largest absolute Gasteiger partial charge is 0.381 e. The molecule has 2 heterocycles. The van der Waals surface area contributed by atoms with Crippen LogP contribution in [0.15, 0.2) is 59.5 Å².